The molecule has 0 unspecified atom stereocenters. The molecular formula is C24H21N5O5. The van der Waals surface area contributed by atoms with Crippen molar-refractivity contribution in [1.29, 1.82) is 5.26 Å². The highest BCUT2D eigenvalue weighted by Gasteiger charge is 2.26. The fourth-order valence-corrected chi connectivity index (χ4v) is 3.51. The predicted molar refractivity (Wildman–Crippen MR) is 124 cm³/mol. The first kappa shape index (κ1) is 22.5. The van der Waals surface area contributed by atoms with Gasteiger partial charge in [-0.15, -0.1) is 0 Å². The summed E-state index contributed by atoms with van der Waals surface area (Å²) >= 11 is 0. The van der Waals surface area contributed by atoms with Crippen LogP contribution in [-0.2, 0) is 4.79 Å². The Kier molecular flexibility index (Phi) is 6.84. The highest BCUT2D eigenvalue weighted by molar-refractivity contribution is 5.78. The zero-order valence-corrected chi connectivity index (χ0v) is 18.2. The molecule has 34 heavy (non-hydrogen) atoms. The van der Waals surface area contributed by atoms with E-state index in [-0.39, 0.29) is 29.8 Å². The van der Waals surface area contributed by atoms with E-state index < -0.39 is 4.92 Å². The number of para-hydroxylation sites is 1. The van der Waals surface area contributed by atoms with E-state index in [1.165, 1.54) is 12.1 Å². The molecule has 10 nitrogen and oxygen atoms in total. The van der Waals surface area contributed by atoms with E-state index in [9.17, 15) is 20.2 Å². The third-order valence-corrected chi connectivity index (χ3v) is 5.26. The van der Waals surface area contributed by atoms with Crippen LogP contribution in [0.5, 0.6) is 5.75 Å². The third kappa shape index (κ3) is 5.39. The molecule has 1 saturated heterocycles. The number of nitrogens with zero attached hydrogens (tertiary/aromatic N) is 5. The number of benzene rings is 2. The Morgan fingerprint density at radius 3 is 2.62 bits per heavy atom. The molecule has 1 amide bonds. The number of piperazine rings is 1. The van der Waals surface area contributed by atoms with Gasteiger partial charge in [-0.1, -0.05) is 30.3 Å². The van der Waals surface area contributed by atoms with Crippen LogP contribution in [0.3, 0.4) is 0 Å². The van der Waals surface area contributed by atoms with Crippen LogP contribution < -0.4 is 9.64 Å². The lowest BCUT2D eigenvalue weighted by molar-refractivity contribution is -0.384. The second-order valence-electron chi connectivity index (χ2n) is 7.47. The minimum atomic E-state index is -0.466. The Morgan fingerprint density at radius 1 is 1.15 bits per heavy atom. The van der Waals surface area contributed by atoms with Gasteiger partial charge in [0.2, 0.25) is 17.5 Å². The van der Waals surface area contributed by atoms with Gasteiger partial charge in [0.1, 0.15) is 11.8 Å². The summed E-state index contributed by atoms with van der Waals surface area (Å²) < 4.78 is 11.3. The van der Waals surface area contributed by atoms with Gasteiger partial charge in [-0.25, -0.2) is 0 Å². The second kappa shape index (κ2) is 10.3. The van der Waals surface area contributed by atoms with E-state index in [1.807, 2.05) is 29.2 Å². The fourth-order valence-electron chi connectivity index (χ4n) is 3.51. The van der Waals surface area contributed by atoms with Crippen molar-refractivity contribution < 1.29 is 18.9 Å². The number of hydrogen-bond acceptors (Lipinski definition) is 8. The van der Waals surface area contributed by atoms with Crippen LogP contribution in [0.2, 0.25) is 0 Å². The van der Waals surface area contributed by atoms with Crippen molar-refractivity contribution >= 4 is 29.6 Å². The summed E-state index contributed by atoms with van der Waals surface area (Å²) in [7, 11) is 0. The van der Waals surface area contributed by atoms with Crippen LogP contribution in [0.4, 0.5) is 11.6 Å². The normalized spacial score (nSPS) is 13.6. The van der Waals surface area contributed by atoms with Crippen molar-refractivity contribution in [2.75, 3.05) is 37.7 Å². The maximum Gasteiger partial charge on any atom is 0.270 e. The van der Waals surface area contributed by atoms with Gasteiger partial charge < -0.3 is 19.0 Å². The van der Waals surface area contributed by atoms with Crippen molar-refractivity contribution in [3.8, 4) is 11.8 Å². The zero-order valence-electron chi connectivity index (χ0n) is 18.2. The van der Waals surface area contributed by atoms with Crippen molar-refractivity contribution in [2.24, 2.45) is 0 Å². The topological polar surface area (TPSA) is 126 Å². The van der Waals surface area contributed by atoms with E-state index in [1.54, 1.807) is 41.3 Å². The van der Waals surface area contributed by atoms with Crippen LogP contribution in [-0.4, -0.2) is 53.5 Å². The van der Waals surface area contributed by atoms with Gasteiger partial charge in [0.05, 0.1) is 4.92 Å². The number of nitro benzene ring substituents is 1. The van der Waals surface area contributed by atoms with Gasteiger partial charge in [0.15, 0.2) is 6.61 Å². The molecule has 0 atom stereocenters. The first-order valence-electron chi connectivity index (χ1n) is 10.6. The Labute approximate surface area is 195 Å². The molecule has 1 aliphatic rings. The van der Waals surface area contributed by atoms with Gasteiger partial charge in [0.25, 0.3) is 11.6 Å². The molecule has 1 fully saturated rings. The Hall–Kier alpha value is -4.65. The number of amides is 1. The molecule has 0 saturated carbocycles. The monoisotopic (exact) mass is 459 g/mol. The fraction of sp³-hybridized carbons (Fsp3) is 0.208. The first-order valence-corrected chi connectivity index (χ1v) is 10.6. The highest BCUT2D eigenvalue weighted by atomic mass is 16.6. The van der Waals surface area contributed by atoms with E-state index in [2.05, 4.69) is 4.98 Å². The molecule has 10 heteroatoms. The lowest BCUT2D eigenvalue weighted by atomic mass is 10.2. The predicted octanol–water partition coefficient (Wildman–Crippen LogP) is 3.35. The van der Waals surface area contributed by atoms with Gasteiger partial charge in [0, 0.05) is 44.4 Å². The molecule has 2 aromatic carbocycles. The molecule has 0 radical (unpaired) electrons. The number of ether oxygens (including phenoxy) is 1. The van der Waals surface area contributed by atoms with Gasteiger partial charge >= 0.3 is 0 Å². The summed E-state index contributed by atoms with van der Waals surface area (Å²) in [6.07, 6.45) is 3.19. The van der Waals surface area contributed by atoms with Crippen LogP contribution in [0, 0.1) is 21.4 Å². The van der Waals surface area contributed by atoms with Gasteiger partial charge in [-0.05, 0) is 23.8 Å². The number of carbonyl (C=O) groups is 1. The number of rotatable bonds is 7. The van der Waals surface area contributed by atoms with Crippen LogP contribution >= 0.6 is 0 Å². The number of aromatic nitrogens is 1. The van der Waals surface area contributed by atoms with Crippen molar-refractivity contribution in [1.82, 2.24) is 9.88 Å². The van der Waals surface area contributed by atoms with Crippen molar-refractivity contribution in [3.05, 3.63) is 81.9 Å². The van der Waals surface area contributed by atoms with Gasteiger partial charge in [-0.2, -0.15) is 10.2 Å². The maximum absolute atomic E-state index is 12.5. The van der Waals surface area contributed by atoms with Gasteiger partial charge in [-0.3, -0.25) is 14.9 Å². The molecular weight excluding hydrogens is 438 g/mol. The van der Waals surface area contributed by atoms with E-state index in [4.69, 9.17) is 9.15 Å². The smallest absolute Gasteiger partial charge is 0.270 e. The lowest BCUT2D eigenvalue weighted by Gasteiger charge is -2.34. The van der Waals surface area contributed by atoms with Crippen LogP contribution in [0.15, 0.2) is 59.0 Å². The Morgan fingerprint density at radius 2 is 1.91 bits per heavy atom. The number of non-ortho nitro benzene ring substituents is 1. The standard InChI is InChI=1S/C24H21N5O5/c25-16-21-24(34-22(26-21)10-9-18-5-4-6-19(15-18)29(31)32)28-13-11-27(12-14-28)23(30)17-33-20-7-2-1-3-8-20/h1-10,15H,11-14,17H2/b10-9+. The minimum Gasteiger partial charge on any atom is -0.484 e. The van der Waals surface area contributed by atoms with Crippen molar-refractivity contribution in [3.63, 3.8) is 0 Å². The molecule has 0 aliphatic carbocycles. The second-order valence-corrected chi connectivity index (χ2v) is 7.47. The maximum atomic E-state index is 12.5. The highest BCUT2D eigenvalue weighted by Crippen LogP contribution is 2.24. The molecule has 2 heterocycles. The van der Waals surface area contributed by atoms with E-state index >= 15 is 0 Å². The minimum absolute atomic E-state index is 0.0189. The summed E-state index contributed by atoms with van der Waals surface area (Å²) in [6, 6.07) is 17.3. The Balaban J connectivity index is 1.37. The summed E-state index contributed by atoms with van der Waals surface area (Å²) in [5.74, 6) is 1.09. The number of nitriles is 1. The molecule has 0 bridgehead atoms. The molecule has 4 rings (SSSR count). The Bertz CT molecular complexity index is 1240. The summed E-state index contributed by atoms with van der Waals surface area (Å²) in [4.78, 5) is 30.7. The zero-order chi connectivity index (χ0) is 23.9. The van der Waals surface area contributed by atoms with Crippen LogP contribution in [0.1, 0.15) is 17.1 Å². The molecule has 1 aromatic heterocycles. The summed E-state index contributed by atoms with van der Waals surface area (Å²) in [6.45, 7) is 1.84. The molecule has 0 spiro atoms. The molecule has 0 N–H and O–H groups in total. The number of oxazole rings is 1. The third-order valence-electron chi connectivity index (χ3n) is 5.26. The number of nitro groups is 1. The molecule has 172 valence electrons. The van der Waals surface area contributed by atoms with Crippen LogP contribution in [0.25, 0.3) is 12.2 Å². The SMILES string of the molecule is N#Cc1nc(/C=C/c2cccc([N+](=O)[O-])c2)oc1N1CCN(C(=O)COc2ccccc2)CC1. The lowest BCUT2D eigenvalue weighted by Crippen LogP contribution is -2.50. The summed E-state index contributed by atoms with van der Waals surface area (Å²) in [5, 5.41) is 20.4. The number of anilines is 1. The largest absolute Gasteiger partial charge is 0.484 e. The number of hydrogen-bond donors (Lipinski definition) is 0. The quantitative estimate of drug-likeness (QED) is 0.389. The summed E-state index contributed by atoms with van der Waals surface area (Å²) in [5.41, 5.74) is 0.734. The van der Waals surface area contributed by atoms with E-state index in [0.717, 1.165) is 0 Å². The van der Waals surface area contributed by atoms with E-state index in [0.29, 0.717) is 43.4 Å². The van der Waals surface area contributed by atoms with Crippen molar-refractivity contribution in [2.45, 2.75) is 0 Å². The molecule has 1 aliphatic heterocycles. The average molecular weight is 459 g/mol. The first-order chi connectivity index (χ1) is 16.5. The molecule has 3 aromatic rings. The average Bonchev–Trinajstić information content (AvgIpc) is 3.30. The number of carbonyl (C=O) groups excluding carboxylic acids is 1.